The lowest BCUT2D eigenvalue weighted by Crippen LogP contribution is -1.98. The van der Waals surface area contributed by atoms with Crippen molar-refractivity contribution in [2.24, 2.45) is 0 Å². The van der Waals surface area contributed by atoms with Crippen molar-refractivity contribution in [3.8, 4) is 0 Å². The monoisotopic (exact) mass is 317 g/mol. The number of aromatic nitrogens is 1. The average molecular weight is 318 g/mol. The lowest BCUT2D eigenvalue weighted by Gasteiger charge is -2.05. The fourth-order valence-corrected chi connectivity index (χ4v) is 3.56. The Bertz CT molecular complexity index is 841. The zero-order valence-corrected chi connectivity index (χ0v) is 12.8. The second-order valence-electron chi connectivity index (χ2n) is 4.83. The standard InChI is InChI=1S/C16H12ClNO2S/c1-9-18-15-12(7-13(17)8-14(15)21-9)6-10-3-2-4-11(5-10)16(19)20/h2-5,7-8H,6H2,1H3,(H,19,20). The Labute approximate surface area is 130 Å². The molecule has 3 rings (SSSR count). The minimum atomic E-state index is -0.919. The van der Waals surface area contributed by atoms with Crippen LogP contribution in [0.5, 0.6) is 0 Å². The molecule has 0 fully saturated rings. The number of hydrogen-bond acceptors (Lipinski definition) is 3. The van der Waals surface area contributed by atoms with Crippen molar-refractivity contribution >= 4 is 39.1 Å². The van der Waals surface area contributed by atoms with Crippen molar-refractivity contribution in [2.45, 2.75) is 13.3 Å². The van der Waals surface area contributed by atoms with Gasteiger partial charge in [-0.25, -0.2) is 9.78 Å². The number of carboxylic acids is 1. The van der Waals surface area contributed by atoms with Crippen LogP contribution in [-0.4, -0.2) is 16.1 Å². The van der Waals surface area contributed by atoms with Crippen molar-refractivity contribution in [1.82, 2.24) is 4.98 Å². The Morgan fingerprint density at radius 2 is 2.14 bits per heavy atom. The molecule has 1 heterocycles. The van der Waals surface area contributed by atoms with Gasteiger partial charge in [-0.05, 0) is 48.7 Å². The molecule has 2 aromatic carbocycles. The third kappa shape index (κ3) is 2.91. The Kier molecular flexibility index (Phi) is 3.66. The molecule has 0 aliphatic heterocycles. The molecule has 1 N–H and O–H groups in total. The van der Waals surface area contributed by atoms with Crippen LogP contribution >= 0.6 is 22.9 Å². The molecule has 0 amide bonds. The molecule has 106 valence electrons. The fraction of sp³-hybridized carbons (Fsp3) is 0.125. The van der Waals surface area contributed by atoms with Crippen LogP contribution in [0.2, 0.25) is 5.02 Å². The maximum Gasteiger partial charge on any atom is 0.335 e. The zero-order chi connectivity index (χ0) is 15.0. The summed E-state index contributed by atoms with van der Waals surface area (Å²) in [5.74, 6) is -0.919. The van der Waals surface area contributed by atoms with Gasteiger partial charge in [0.1, 0.15) is 0 Å². The second-order valence-corrected chi connectivity index (χ2v) is 6.50. The predicted octanol–water partition coefficient (Wildman–Crippen LogP) is 4.55. The highest BCUT2D eigenvalue weighted by Gasteiger charge is 2.10. The largest absolute Gasteiger partial charge is 0.478 e. The van der Waals surface area contributed by atoms with Crippen LogP contribution in [0.4, 0.5) is 0 Å². The smallest absolute Gasteiger partial charge is 0.335 e. The number of aromatic carboxylic acids is 1. The number of carbonyl (C=O) groups is 1. The highest BCUT2D eigenvalue weighted by molar-refractivity contribution is 7.18. The fourth-order valence-electron chi connectivity index (χ4n) is 2.34. The quantitative estimate of drug-likeness (QED) is 0.771. The molecular formula is C16H12ClNO2S. The molecule has 0 spiro atoms. The predicted molar refractivity (Wildman–Crippen MR) is 85.6 cm³/mol. The van der Waals surface area contributed by atoms with Crippen molar-refractivity contribution < 1.29 is 9.90 Å². The summed E-state index contributed by atoms with van der Waals surface area (Å²) < 4.78 is 1.06. The Hall–Kier alpha value is -1.91. The van der Waals surface area contributed by atoms with Crippen LogP contribution in [-0.2, 0) is 6.42 Å². The molecule has 1 aromatic heterocycles. The van der Waals surface area contributed by atoms with Gasteiger partial charge >= 0.3 is 5.97 Å². The number of nitrogens with zero attached hydrogens (tertiary/aromatic N) is 1. The van der Waals surface area contributed by atoms with Crippen LogP contribution in [0.1, 0.15) is 26.5 Å². The first-order chi connectivity index (χ1) is 10.0. The number of thiazole rings is 1. The number of hydrogen-bond donors (Lipinski definition) is 1. The second kappa shape index (κ2) is 5.47. The van der Waals surface area contributed by atoms with Gasteiger partial charge in [-0.15, -0.1) is 11.3 Å². The van der Waals surface area contributed by atoms with Gasteiger partial charge in [0.05, 0.1) is 20.8 Å². The van der Waals surface area contributed by atoms with E-state index in [1.165, 1.54) is 0 Å². The van der Waals surface area contributed by atoms with Gasteiger partial charge in [0.15, 0.2) is 0 Å². The van der Waals surface area contributed by atoms with Crippen molar-refractivity contribution in [1.29, 1.82) is 0 Å². The van der Waals surface area contributed by atoms with Crippen LogP contribution < -0.4 is 0 Å². The van der Waals surface area contributed by atoms with Crippen molar-refractivity contribution in [2.75, 3.05) is 0 Å². The van der Waals surface area contributed by atoms with Gasteiger partial charge in [0.2, 0.25) is 0 Å². The van der Waals surface area contributed by atoms with E-state index in [4.69, 9.17) is 16.7 Å². The first-order valence-electron chi connectivity index (χ1n) is 6.41. The summed E-state index contributed by atoms with van der Waals surface area (Å²) in [6.45, 7) is 1.97. The lowest BCUT2D eigenvalue weighted by molar-refractivity contribution is 0.0697. The summed E-state index contributed by atoms with van der Waals surface area (Å²) >= 11 is 7.78. The van der Waals surface area contributed by atoms with Crippen molar-refractivity contribution in [3.05, 3.63) is 63.1 Å². The van der Waals surface area contributed by atoms with E-state index in [0.717, 1.165) is 26.4 Å². The summed E-state index contributed by atoms with van der Waals surface area (Å²) in [5.41, 5.74) is 3.19. The molecule has 0 saturated carbocycles. The molecule has 0 aliphatic carbocycles. The lowest BCUT2D eigenvalue weighted by atomic mass is 10.0. The molecular weight excluding hydrogens is 306 g/mol. The van der Waals surface area contributed by atoms with Crippen LogP contribution in [0.25, 0.3) is 10.2 Å². The van der Waals surface area contributed by atoms with E-state index in [9.17, 15) is 4.79 Å². The van der Waals surface area contributed by atoms with Crippen LogP contribution in [0.15, 0.2) is 36.4 Å². The maximum atomic E-state index is 11.0. The van der Waals surface area contributed by atoms with Gasteiger partial charge in [-0.1, -0.05) is 23.7 Å². The van der Waals surface area contributed by atoms with Gasteiger partial charge in [-0.3, -0.25) is 0 Å². The summed E-state index contributed by atoms with van der Waals surface area (Å²) in [6, 6.07) is 10.8. The number of halogens is 1. The molecule has 5 heteroatoms. The number of rotatable bonds is 3. The van der Waals surface area contributed by atoms with Gasteiger partial charge in [-0.2, -0.15) is 0 Å². The van der Waals surface area contributed by atoms with Crippen LogP contribution in [0, 0.1) is 6.92 Å². The van der Waals surface area contributed by atoms with E-state index in [1.54, 1.807) is 29.5 Å². The molecule has 0 bridgehead atoms. The third-order valence-electron chi connectivity index (χ3n) is 3.21. The van der Waals surface area contributed by atoms with Crippen molar-refractivity contribution in [3.63, 3.8) is 0 Å². The highest BCUT2D eigenvalue weighted by atomic mass is 35.5. The normalized spacial score (nSPS) is 11.0. The minimum absolute atomic E-state index is 0.292. The number of fused-ring (bicyclic) bond motifs is 1. The molecule has 3 nitrogen and oxygen atoms in total. The molecule has 21 heavy (non-hydrogen) atoms. The molecule has 0 unspecified atom stereocenters. The highest BCUT2D eigenvalue weighted by Crippen LogP contribution is 2.29. The summed E-state index contributed by atoms with van der Waals surface area (Å²) in [6.07, 6.45) is 0.612. The molecule has 0 atom stereocenters. The van der Waals surface area contributed by atoms with Gasteiger partial charge in [0.25, 0.3) is 0 Å². The SMILES string of the molecule is Cc1nc2c(Cc3cccc(C(=O)O)c3)cc(Cl)cc2s1. The average Bonchev–Trinajstić information content (AvgIpc) is 2.79. The molecule has 0 radical (unpaired) electrons. The molecule has 0 aliphatic rings. The van der Waals surface area contributed by atoms with E-state index in [0.29, 0.717) is 17.0 Å². The zero-order valence-electron chi connectivity index (χ0n) is 11.3. The number of aryl methyl sites for hydroxylation is 1. The van der Waals surface area contributed by atoms with Gasteiger partial charge in [0, 0.05) is 5.02 Å². The van der Waals surface area contributed by atoms with E-state index >= 15 is 0 Å². The Balaban J connectivity index is 2.05. The summed E-state index contributed by atoms with van der Waals surface area (Å²) in [7, 11) is 0. The molecule has 3 aromatic rings. The summed E-state index contributed by atoms with van der Waals surface area (Å²) in [4.78, 5) is 15.6. The Morgan fingerprint density at radius 1 is 1.33 bits per heavy atom. The van der Waals surface area contributed by atoms with Crippen LogP contribution in [0.3, 0.4) is 0 Å². The van der Waals surface area contributed by atoms with E-state index < -0.39 is 5.97 Å². The Morgan fingerprint density at radius 3 is 2.90 bits per heavy atom. The van der Waals surface area contributed by atoms with E-state index in [-0.39, 0.29) is 0 Å². The van der Waals surface area contributed by atoms with E-state index in [1.807, 2.05) is 25.1 Å². The van der Waals surface area contributed by atoms with Gasteiger partial charge < -0.3 is 5.11 Å². The maximum absolute atomic E-state index is 11.0. The van der Waals surface area contributed by atoms with E-state index in [2.05, 4.69) is 4.98 Å². The molecule has 0 saturated heterocycles. The number of carboxylic acid groups (broad SMARTS) is 1. The topological polar surface area (TPSA) is 50.2 Å². The number of benzene rings is 2. The first kappa shape index (κ1) is 14.0. The third-order valence-corrected chi connectivity index (χ3v) is 4.35. The first-order valence-corrected chi connectivity index (χ1v) is 7.60. The summed E-state index contributed by atoms with van der Waals surface area (Å²) in [5, 5.41) is 10.7. The minimum Gasteiger partial charge on any atom is -0.478 e.